The minimum absolute atomic E-state index is 0.123. The summed E-state index contributed by atoms with van der Waals surface area (Å²) in [6, 6.07) is 0. The molecule has 0 aromatic rings. The van der Waals surface area contributed by atoms with Crippen LogP contribution in [0.15, 0.2) is 22.7 Å². The molecule has 96 valence electrons. The molecule has 7 heteroatoms. The maximum atomic E-state index is 11.3. The van der Waals surface area contributed by atoms with Gasteiger partial charge in [0.15, 0.2) is 0 Å². The van der Waals surface area contributed by atoms with E-state index in [1.807, 2.05) is 0 Å². The number of carbonyl (C=O) groups excluding carboxylic acids is 1. The van der Waals surface area contributed by atoms with Crippen molar-refractivity contribution in [2.24, 2.45) is 5.73 Å². The molecule has 17 heavy (non-hydrogen) atoms. The maximum absolute atomic E-state index is 11.3. The minimum Gasteiger partial charge on any atom is -0.477 e. The Labute approximate surface area is 104 Å². The summed E-state index contributed by atoms with van der Waals surface area (Å²) < 4.78 is 4.96. The van der Waals surface area contributed by atoms with Gasteiger partial charge in [-0.15, -0.1) is 0 Å². The lowest BCUT2D eigenvalue weighted by atomic mass is 10.2. The predicted octanol–water partition coefficient (Wildman–Crippen LogP) is 1.60. The molecule has 0 heterocycles. The number of alkyl carbamates (subject to hydrolysis) is 1. The third-order valence-corrected chi connectivity index (χ3v) is 2.11. The molecule has 0 aromatic carbocycles. The van der Waals surface area contributed by atoms with Crippen molar-refractivity contribution in [3.63, 3.8) is 0 Å². The lowest BCUT2D eigenvalue weighted by Gasteiger charge is -2.20. The van der Waals surface area contributed by atoms with Gasteiger partial charge in [-0.25, -0.2) is 9.59 Å². The maximum Gasteiger partial charge on any atom is 0.412 e. The van der Waals surface area contributed by atoms with Gasteiger partial charge in [-0.2, -0.15) is 0 Å². The highest BCUT2D eigenvalue weighted by Crippen LogP contribution is 2.21. The Hall–Kier alpha value is -1.63. The molecule has 0 aliphatic carbocycles. The van der Waals surface area contributed by atoms with E-state index in [0.717, 1.165) is 18.0 Å². The van der Waals surface area contributed by atoms with E-state index in [9.17, 15) is 9.59 Å². The normalized spacial score (nSPS) is 11.8. The Bertz CT molecular complexity index is 358. The molecule has 4 N–H and O–H groups in total. The number of carbonyl (C=O) groups is 2. The summed E-state index contributed by atoms with van der Waals surface area (Å²) in [4.78, 5) is 21.8. The molecule has 1 amide bonds. The zero-order valence-corrected chi connectivity index (χ0v) is 10.8. The molecule has 0 radical (unpaired) electrons. The fraction of sp³-hybridized carbons (Fsp3) is 0.400. The second-order valence-electron chi connectivity index (χ2n) is 3.99. The molecule has 0 rings (SSSR count). The topological polar surface area (TPSA) is 102 Å². The number of amides is 1. The summed E-state index contributed by atoms with van der Waals surface area (Å²) in [6.07, 6.45) is 0.228. The number of ether oxygens (including phenoxy) is 1. The van der Waals surface area contributed by atoms with Crippen LogP contribution >= 0.6 is 11.8 Å². The first-order valence-electron chi connectivity index (χ1n) is 4.67. The number of hydrogen-bond acceptors (Lipinski definition) is 5. The van der Waals surface area contributed by atoms with Gasteiger partial charge in [-0.05, 0) is 20.8 Å². The van der Waals surface area contributed by atoms with Crippen molar-refractivity contribution in [1.82, 2.24) is 5.32 Å². The number of nitrogens with two attached hydrogens (primary N) is 1. The van der Waals surface area contributed by atoms with Gasteiger partial charge in [0.1, 0.15) is 10.5 Å². The Morgan fingerprint density at radius 2 is 2.00 bits per heavy atom. The molecule has 0 aliphatic heterocycles. The number of carboxylic acids is 1. The summed E-state index contributed by atoms with van der Waals surface area (Å²) in [5.41, 5.74) is 4.48. The second kappa shape index (κ2) is 6.19. The van der Waals surface area contributed by atoms with Crippen LogP contribution in [0.4, 0.5) is 4.79 Å². The van der Waals surface area contributed by atoms with Crippen molar-refractivity contribution in [1.29, 1.82) is 0 Å². The van der Waals surface area contributed by atoms with Crippen LogP contribution in [0.25, 0.3) is 0 Å². The van der Waals surface area contributed by atoms with E-state index >= 15 is 0 Å². The molecule has 0 saturated heterocycles. The minimum atomic E-state index is -1.19. The average Bonchev–Trinajstić information content (AvgIpc) is 2.09. The summed E-state index contributed by atoms with van der Waals surface area (Å²) in [5, 5.41) is 11.1. The van der Waals surface area contributed by atoms with E-state index in [4.69, 9.17) is 15.6 Å². The van der Waals surface area contributed by atoms with Crippen LogP contribution in [0.1, 0.15) is 20.8 Å². The fourth-order valence-electron chi connectivity index (χ4n) is 0.725. The molecule has 0 spiro atoms. The van der Waals surface area contributed by atoms with E-state index in [0.29, 0.717) is 0 Å². The first-order chi connectivity index (χ1) is 7.65. The van der Waals surface area contributed by atoms with Gasteiger partial charge in [0.05, 0.1) is 5.03 Å². The average molecular weight is 260 g/mol. The Kier molecular flexibility index (Phi) is 5.60. The Morgan fingerprint density at radius 1 is 1.47 bits per heavy atom. The molecule has 0 unspecified atom stereocenters. The summed E-state index contributed by atoms with van der Waals surface area (Å²) >= 11 is 0.737. The molecular weight excluding hydrogens is 244 g/mol. The van der Waals surface area contributed by atoms with Gasteiger partial charge < -0.3 is 15.6 Å². The van der Waals surface area contributed by atoms with Gasteiger partial charge in [0.2, 0.25) is 0 Å². The largest absolute Gasteiger partial charge is 0.477 e. The van der Waals surface area contributed by atoms with Crippen LogP contribution < -0.4 is 11.1 Å². The first-order valence-corrected chi connectivity index (χ1v) is 5.49. The van der Waals surface area contributed by atoms with E-state index in [1.54, 1.807) is 20.8 Å². The molecule has 0 saturated carbocycles. The lowest BCUT2D eigenvalue weighted by molar-refractivity contribution is -0.131. The monoisotopic (exact) mass is 260 g/mol. The number of aliphatic carboxylic acids is 1. The van der Waals surface area contributed by atoms with Gasteiger partial charge in [-0.1, -0.05) is 18.3 Å². The van der Waals surface area contributed by atoms with Crippen molar-refractivity contribution in [2.45, 2.75) is 26.4 Å². The van der Waals surface area contributed by atoms with Crippen LogP contribution in [0.2, 0.25) is 0 Å². The molecular formula is C10H16N2O4S. The zero-order valence-electron chi connectivity index (χ0n) is 9.94. The van der Waals surface area contributed by atoms with Crippen molar-refractivity contribution in [3.8, 4) is 0 Å². The highest BCUT2D eigenvalue weighted by molar-refractivity contribution is 8.07. The van der Waals surface area contributed by atoms with Crippen molar-refractivity contribution in [2.75, 3.05) is 0 Å². The van der Waals surface area contributed by atoms with E-state index in [-0.39, 0.29) is 9.93 Å². The number of nitrogens with one attached hydrogen (secondary N) is 1. The van der Waals surface area contributed by atoms with Crippen molar-refractivity contribution in [3.05, 3.63) is 22.7 Å². The van der Waals surface area contributed by atoms with Gasteiger partial charge >= 0.3 is 12.1 Å². The second-order valence-corrected chi connectivity index (χ2v) is 5.12. The molecule has 0 atom stereocenters. The van der Waals surface area contributed by atoms with E-state index in [2.05, 4.69) is 11.9 Å². The molecule has 0 bridgehead atoms. The third-order valence-electron chi connectivity index (χ3n) is 1.24. The Morgan fingerprint density at radius 3 is 2.35 bits per heavy atom. The van der Waals surface area contributed by atoms with Crippen LogP contribution in [0, 0.1) is 0 Å². The number of hydrogen-bond donors (Lipinski definition) is 3. The highest BCUT2D eigenvalue weighted by atomic mass is 32.2. The van der Waals surface area contributed by atoms with Crippen LogP contribution in [0.5, 0.6) is 0 Å². The lowest BCUT2D eigenvalue weighted by Crippen LogP contribution is -2.31. The SMILES string of the molecule is C=C(NC(=O)OC(C)(C)C)S/C(=C\N)C(=O)O. The first kappa shape index (κ1) is 15.4. The number of carboxylic acid groups (broad SMARTS) is 1. The molecule has 0 aromatic heterocycles. The van der Waals surface area contributed by atoms with E-state index < -0.39 is 17.7 Å². The van der Waals surface area contributed by atoms with Crippen molar-refractivity contribution < 1.29 is 19.4 Å². The smallest absolute Gasteiger partial charge is 0.412 e. The summed E-state index contributed by atoms with van der Waals surface area (Å²) in [5.74, 6) is -1.19. The quantitative estimate of drug-likeness (QED) is 0.664. The van der Waals surface area contributed by atoms with Gasteiger partial charge in [0.25, 0.3) is 0 Å². The predicted molar refractivity (Wildman–Crippen MR) is 66.0 cm³/mol. The van der Waals surface area contributed by atoms with Gasteiger partial charge in [-0.3, -0.25) is 5.32 Å². The Balaban J connectivity index is 4.29. The van der Waals surface area contributed by atoms with Crippen LogP contribution in [0.3, 0.4) is 0 Å². The number of thioether (sulfide) groups is 1. The standard InChI is InChI=1S/C10H16N2O4S/c1-6(17-7(5-11)8(13)14)12-9(15)16-10(2,3)4/h5H,1,11H2,2-4H3,(H,12,15)(H,13,14)/b7-5-. The number of rotatable bonds is 4. The summed E-state index contributed by atoms with van der Waals surface area (Å²) in [7, 11) is 0. The van der Waals surface area contributed by atoms with Gasteiger partial charge in [0, 0.05) is 6.20 Å². The molecule has 0 aliphatic rings. The molecule has 6 nitrogen and oxygen atoms in total. The zero-order chi connectivity index (χ0) is 13.6. The van der Waals surface area contributed by atoms with Crippen LogP contribution in [-0.4, -0.2) is 22.8 Å². The molecule has 0 fully saturated rings. The highest BCUT2D eigenvalue weighted by Gasteiger charge is 2.17. The van der Waals surface area contributed by atoms with E-state index in [1.165, 1.54) is 0 Å². The van der Waals surface area contributed by atoms with Crippen molar-refractivity contribution >= 4 is 23.8 Å². The third kappa shape index (κ3) is 7.29. The summed E-state index contributed by atoms with van der Waals surface area (Å²) in [6.45, 7) is 8.63. The fourth-order valence-corrected chi connectivity index (χ4v) is 1.28. The van der Waals surface area contributed by atoms with Crippen LogP contribution in [-0.2, 0) is 9.53 Å².